The van der Waals surface area contributed by atoms with Crippen LogP contribution >= 0.6 is 0 Å². The van der Waals surface area contributed by atoms with Crippen molar-refractivity contribution in [1.29, 1.82) is 0 Å². The zero-order valence-corrected chi connectivity index (χ0v) is 18.8. The number of aryl methyl sites for hydroxylation is 3. The summed E-state index contributed by atoms with van der Waals surface area (Å²) in [6.45, 7) is 8.26. The molecular formula is C28H27NO3. The average Bonchev–Trinajstić information content (AvgIpc) is 2.80. The summed E-state index contributed by atoms with van der Waals surface area (Å²) in [5.41, 5.74) is 7.75. The molecule has 5 rings (SSSR count). The molecule has 0 radical (unpaired) electrons. The van der Waals surface area contributed by atoms with Crippen LogP contribution in [0.4, 0.5) is 0 Å². The SMILES string of the molecule is Cc1ccc(CN2COc3c(cc4c(C)c(Cc5ccccc5)c(=O)oc4c3C)C2)cc1. The quantitative estimate of drug-likeness (QED) is 0.396. The Hall–Kier alpha value is -3.37. The molecule has 0 aliphatic carbocycles. The van der Waals surface area contributed by atoms with Crippen molar-refractivity contribution in [3.8, 4) is 5.75 Å². The first-order chi connectivity index (χ1) is 15.5. The molecule has 0 atom stereocenters. The summed E-state index contributed by atoms with van der Waals surface area (Å²) in [7, 11) is 0. The van der Waals surface area contributed by atoms with Crippen molar-refractivity contribution in [2.45, 2.75) is 40.3 Å². The predicted octanol–water partition coefficient (Wildman–Crippen LogP) is 5.66. The molecule has 0 N–H and O–H groups in total. The Morgan fingerprint density at radius 3 is 2.41 bits per heavy atom. The summed E-state index contributed by atoms with van der Waals surface area (Å²) in [5, 5.41) is 0.993. The molecule has 4 aromatic rings. The lowest BCUT2D eigenvalue weighted by Gasteiger charge is -2.30. The third-order valence-corrected chi connectivity index (χ3v) is 6.37. The topological polar surface area (TPSA) is 42.7 Å². The largest absolute Gasteiger partial charge is 0.477 e. The van der Waals surface area contributed by atoms with Crippen molar-refractivity contribution in [3.05, 3.63) is 110 Å². The van der Waals surface area contributed by atoms with Gasteiger partial charge in [0.15, 0.2) is 0 Å². The molecule has 0 fully saturated rings. The molecule has 162 valence electrons. The monoisotopic (exact) mass is 425 g/mol. The predicted molar refractivity (Wildman–Crippen MR) is 127 cm³/mol. The highest BCUT2D eigenvalue weighted by Crippen LogP contribution is 2.36. The van der Waals surface area contributed by atoms with Gasteiger partial charge in [-0.25, -0.2) is 4.79 Å². The fraction of sp³-hybridized carbons (Fsp3) is 0.250. The van der Waals surface area contributed by atoms with Gasteiger partial charge >= 0.3 is 5.63 Å². The molecule has 3 aromatic carbocycles. The molecule has 0 saturated heterocycles. The lowest BCUT2D eigenvalue weighted by molar-refractivity contribution is 0.0881. The minimum atomic E-state index is -0.265. The smallest absolute Gasteiger partial charge is 0.340 e. The normalized spacial score (nSPS) is 13.7. The fourth-order valence-electron chi connectivity index (χ4n) is 4.55. The first-order valence-corrected chi connectivity index (χ1v) is 11.0. The molecule has 0 unspecified atom stereocenters. The molecule has 1 aliphatic heterocycles. The number of benzene rings is 3. The van der Waals surface area contributed by atoms with E-state index in [-0.39, 0.29) is 5.63 Å². The zero-order chi connectivity index (χ0) is 22.2. The maximum Gasteiger partial charge on any atom is 0.340 e. The maximum absolute atomic E-state index is 12.8. The lowest BCUT2D eigenvalue weighted by atomic mass is 9.96. The van der Waals surface area contributed by atoms with E-state index in [9.17, 15) is 4.79 Å². The second kappa shape index (κ2) is 8.29. The molecule has 4 heteroatoms. The van der Waals surface area contributed by atoms with Crippen LogP contribution in [0.5, 0.6) is 5.75 Å². The van der Waals surface area contributed by atoms with Gasteiger partial charge in [0.1, 0.15) is 18.1 Å². The molecule has 32 heavy (non-hydrogen) atoms. The lowest BCUT2D eigenvalue weighted by Crippen LogP contribution is -2.32. The molecule has 0 saturated carbocycles. The van der Waals surface area contributed by atoms with E-state index in [0.29, 0.717) is 18.7 Å². The van der Waals surface area contributed by atoms with Crippen molar-refractivity contribution < 1.29 is 9.15 Å². The first kappa shape index (κ1) is 20.5. The average molecular weight is 426 g/mol. The van der Waals surface area contributed by atoms with Gasteiger partial charge in [-0.2, -0.15) is 0 Å². The van der Waals surface area contributed by atoms with Gasteiger partial charge in [-0.3, -0.25) is 4.90 Å². The third-order valence-electron chi connectivity index (χ3n) is 6.37. The number of fused-ring (bicyclic) bond motifs is 2. The molecule has 0 spiro atoms. The van der Waals surface area contributed by atoms with Gasteiger partial charge in [0.25, 0.3) is 0 Å². The second-order valence-corrected chi connectivity index (χ2v) is 8.77. The van der Waals surface area contributed by atoms with Crippen LogP contribution in [0.15, 0.2) is 69.9 Å². The van der Waals surface area contributed by atoms with Crippen LogP contribution in [0.25, 0.3) is 11.0 Å². The van der Waals surface area contributed by atoms with E-state index in [0.717, 1.165) is 52.0 Å². The molecule has 1 aliphatic rings. The second-order valence-electron chi connectivity index (χ2n) is 8.77. The maximum atomic E-state index is 12.8. The first-order valence-electron chi connectivity index (χ1n) is 11.0. The molecule has 0 amide bonds. The molecule has 0 bridgehead atoms. The van der Waals surface area contributed by atoms with E-state index in [1.807, 2.05) is 44.2 Å². The summed E-state index contributed by atoms with van der Waals surface area (Å²) in [5.74, 6) is 0.844. The van der Waals surface area contributed by atoms with Crippen molar-refractivity contribution >= 4 is 11.0 Å². The van der Waals surface area contributed by atoms with Crippen molar-refractivity contribution in [2.75, 3.05) is 6.73 Å². The molecule has 2 heterocycles. The Morgan fingerprint density at radius 2 is 1.66 bits per heavy atom. The summed E-state index contributed by atoms with van der Waals surface area (Å²) in [4.78, 5) is 15.1. The summed E-state index contributed by atoms with van der Waals surface area (Å²) in [6, 6.07) is 20.8. The van der Waals surface area contributed by atoms with E-state index in [1.54, 1.807) is 0 Å². The molecular weight excluding hydrogens is 398 g/mol. The highest BCUT2D eigenvalue weighted by molar-refractivity contribution is 5.87. The van der Waals surface area contributed by atoms with Gasteiger partial charge in [-0.15, -0.1) is 0 Å². The minimum absolute atomic E-state index is 0.265. The number of rotatable bonds is 4. The Morgan fingerprint density at radius 1 is 0.906 bits per heavy atom. The zero-order valence-electron chi connectivity index (χ0n) is 18.8. The number of ether oxygens (including phenoxy) is 1. The number of hydrogen-bond donors (Lipinski definition) is 0. The minimum Gasteiger partial charge on any atom is -0.477 e. The van der Waals surface area contributed by atoms with Crippen molar-refractivity contribution in [1.82, 2.24) is 4.90 Å². The Bertz CT molecular complexity index is 1340. The summed E-state index contributed by atoms with van der Waals surface area (Å²) >= 11 is 0. The van der Waals surface area contributed by atoms with Crippen molar-refractivity contribution in [3.63, 3.8) is 0 Å². The van der Waals surface area contributed by atoms with Gasteiger partial charge < -0.3 is 9.15 Å². The van der Waals surface area contributed by atoms with Crippen LogP contribution in [0.3, 0.4) is 0 Å². The van der Waals surface area contributed by atoms with Gasteiger partial charge in [0.05, 0.1) is 0 Å². The van der Waals surface area contributed by atoms with Crippen LogP contribution in [0.1, 0.15) is 38.9 Å². The van der Waals surface area contributed by atoms with Gasteiger partial charge in [-0.1, -0.05) is 60.2 Å². The van der Waals surface area contributed by atoms with Gasteiger partial charge in [0, 0.05) is 41.6 Å². The standard InChI is InChI=1S/C28H27NO3/c1-18-9-11-22(12-10-18)15-29-16-23-14-24-19(2)25(13-21-7-5-4-6-8-21)28(30)32-27(24)20(3)26(23)31-17-29/h4-12,14H,13,15-17H2,1-3H3. The van der Waals surface area contributed by atoms with Crippen LogP contribution in [-0.2, 0) is 19.5 Å². The van der Waals surface area contributed by atoms with E-state index in [4.69, 9.17) is 9.15 Å². The summed E-state index contributed by atoms with van der Waals surface area (Å²) in [6.07, 6.45) is 0.567. The molecule has 4 nitrogen and oxygen atoms in total. The van der Waals surface area contributed by atoms with E-state index >= 15 is 0 Å². The van der Waals surface area contributed by atoms with Gasteiger partial charge in [-0.05, 0) is 43.5 Å². The van der Waals surface area contributed by atoms with Crippen LogP contribution < -0.4 is 10.4 Å². The Balaban J connectivity index is 1.51. The molecule has 1 aromatic heterocycles. The van der Waals surface area contributed by atoms with Crippen molar-refractivity contribution in [2.24, 2.45) is 0 Å². The van der Waals surface area contributed by atoms with Crippen LogP contribution in [-0.4, -0.2) is 11.6 Å². The third kappa shape index (κ3) is 3.82. The van der Waals surface area contributed by atoms with Gasteiger partial charge in [0.2, 0.25) is 0 Å². The summed E-state index contributed by atoms with van der Waals surface area (Å²) < 4.78 is 12.0. The highest BCUT2D eigenvalue weighted by atomic mass is 16.5. The Labute approximate surface area is 188 Å². The Kier molecular flexibility index (Phi) is 5.32. The van der Waals surface area contributed by atoms with E-state index in [2.05, 4.69) is 42.2 Å². The number of nitrogens with zero attached hydrogens (tertiary/aromatic N) is 1. The van der Waals surface area contributed by atoms with Crippen LogP contribution in [0, 0.1) is 20.8 Å². The fourth-order valence-corrected chi connectivity index (χ4v) is 4.55. The van der Waals surface area contributed by atoms with E-state index in [1.165, 1.54) is 11.1 Å². The number of hydrogen-bond acceptors (Lipinski definition) is 4. The van der Waals surface area contributed by atoms with Crippen LogP contribution in [0.2, 0.25) is 0 Å². The van der Waals surface area contributed by atoms with E-state index < -0.39 is 0 Å². The highest BCUT2D eigenvalue weighted by Gasteiger charge is 2.24.